The number of hydrogen-bond acceptors (Lipinski definition) is 12. The zero-order valence-corrected chi connectivity index (χ0v) is 23.6. The summed E-state index contributed by atoms with van der Waals surface area (Å²) in [5.74, 6) is -1.54. The van der Waals surface area contributed by atoms with E-state index in [-0.39, 0.29) is 35.1 Å². The summed E-state index contributed by atoms with van der Waals surface area (Å²) in [6.45, 7) is -1.25. The van der Waals surface area contributed by atoms with Crippen LogP contribution in [0.5, 0.6) is 5.75 Å². The lowest BCUT2D eigenvalue weighted by Gasteiger charge is -2.46. The molecule has 0 saturated carbocycles. The first kappa shape index (κ1) is 32.7. The molecular formula is C29H38N2O12. The molecule has 43 heavy (non-hydrogen) atoms. The summed E-state index contributed by atoms with van der Waals surface area (Å²) in [4.78, 5) is 24.6. The van der Waals surface area contributed by atoms with Gasteiger partial charge >= 0.3 is 0 Å². The Morgan fingerprint density at radius 1 is 0.698 bits per heavy atom. The molecule has 2 amide bonds. The predicted molar refractivity (Wildman–Crippen MR) is 149 cm³/mol. The van der Waals surface area contributed by atoms with Gasteiger partial charge in [-0.3, -0.25) is 9.59 Å². The highest BCUT2D eigenvalue weighted by Gasteiger charge is 2.50. The Morgan fingerprint density at radius 3 is 1.77 bits per heavy atom. The van der Waals surface area contributed by atoms with Gasteiger partial charge in [0.25, 0.3) is 11.8 Å². The van der Waals surface area contributed by atoms with Crippen LogP contribution in [0.4, 0.5) is 0 Å². The van der Waals surface area contributed by atoms with Gasteiger partial charge < -0.3 is 60.6 Å². The molecule has 2 heterocycles. The summed E-state index contributed by atoms with van der Waals surface area (Å²) in [5, 5.41) is 76.9. The zero-order chi connectivity index (χ0) is 31.4. The van der Waals surface area contributed by atoms with Gasteiger partial charge in [0.2, 0.25) is 6.29 Å². The predicted octanol–water partition coefficient (Wildman–Crippen LogP) is -2.26. The summed E-state index contributed by atoms with van der Waals surface area (Å²) >= 11 is 0. The highest BCUT2D eigenvalue weighted by atomic mass is 16.7. The number of rotatable bonds is 9. The van der Waals surface area contributed by atoms with E-state index in [2.05, 4.69) is 10.6 Å². The fourth-order valence-corrected chi connectivity index (χ4v) is 5.39. The molecule has 0 spiro atoms. The third-order valence-electron chi connectivity index (χ3n) is 7.87. The maximum Gasteiger partial charge on any atom is 0.251 e. The smallest absolute Gasteiger partial charge is 0.251 e. The van der Waals surface area contributed by atoms with Gasteiger partial charge in [-0.2, -0.15) is 0 Å². The topological polar surface area (TPSA) is 227 Å². The molecule has 2 aliphatic rings. The van der Waals surface area contributed by atoms with Crippen molar-refractivity contribution >= 4 is 11.8 Å². The number of hydrogen-bond donors (Lipinski definition) is 9. The van der Waals surface area contributed by atoms with E-state index in [0.29, 0.717) is 11.1 Å². The van der Waals surface area contributed by atoms with Crippen LogP contribution in [0, 0.1) is 5.92 Å². The summed E-state index contributed by atoms with van der Waals surface area (Å²) < 4.78 is 17.0. The molecular weight excluding hydrogens is 568 g/mol. The van der Waals surface area contributed by atoms with Gasteiger partial charge in [0, 0.05) is 31.1 Å². The van der Waals surface area contributed by atoms with E-state index in [1.807, 2.05) is 0 Å². The average molecular weight is 607 g/mol. The van der Waals surface area contributed by atoms with Crippen molar-refractivity contribution in [1.29, 1.82) is 0 Å². The minimum absolute atomic E-state index is 0.224. The Labute approximate surface area is 247 Å². The first-order valence-electron chi connectivity index (χ1n) is 13.8. The molecule has 10 atom stereocenters. The Balaban J connectivity index is 1.53. The molecule has 0 radical (unpaired) electrons. The number of benzene rings is 2. The molecule has 2 saturated heterocycles. The van der Waals surface area contributed by atoms with E-state index in [1.165, 1.54) is 20.2 Å². The fraction of sp³-hybridized carbons (Fsp3) is 0.517. The monoisotopic (exact) mass is 606 g/mol. The molecule has 0 aromatic heterocycles. The van der Waals surface area contributed by atoms with E-state index in [0.717, 1.165) is 0 Å². The van der Waals surface area contributed by atoms with Gasteiger partial charge in [0.05, 0.1) is 25.4 Å². The second-order valence-corrected chi connectivity index (χ2v) is 10.6. The van der Waals surface area contributed by atoms with E-state index in [9.17, 15) is 45.3 Å². The second-order valence-electron chi connectivity index (χ2n) is 10.6. The number of ether oxygens (including phenoxy) is 3. The molecule has 14 heteroatoms. The molecule has 4 rings (SSSR count). The van der Waals surface area contributed by atoms with Gasteiger partial charge in [-0.1, -0.05) is 12.1 Å². The molecule has 236 valence electrons. The summed E-state index contributed by atoms with van der Waals surface area (Å²) in [7, 11) is 2.97. The third kappa shape index (κ3) is 6.98. The minimum atomic E-state index is -1.63. The van der Waals surface area contributed by atoms with Crippen molar-refractivity contribution < 1.29 is 59.5 Å². The summed E-state index contributed by atoms with van der Waals surface area (Å²) in [6, 6.07) is 11.2. The summed E-state index contributed by atoms with van der Waals surface area (Å²) in [5.41, 5.74) is 1.81. The first-order valence-corrected chi connectivity index (χ1v) is 13.8. The van der Waals surface area contributed by atoms with Gasteiger partial charge in [0.1, 0.15) is 42.4 Å². The number of carbonyl (C=O) groups is 2. The van der Waals surface area contributed by atoms with Crippen LogP contribution in [-0.2, 0) is 9.47 Å². The molecule has 2 aromatic rings. The normalized spacial score (nSPS) is 32.6. The van der Waals surface area contributed by atoms with Crippen molar-refractivity contribution in [2.75, 3.05) is 27.3 Å². The van der Waals surface area contributed by atoms with Crippen LogP contribution in [0.3, 0.4) is 0 Å². The van der Waals surface area contributed by atoms with Gasteiger partial charge in [-0.15, -0.1) is 0 Å². The zero-order valence-electron chi connectivity index (χ0n) is 23.6. The van der Waals surface area contributed by atoms with Gasteiger partial charge in [0.15, 0.2) is 0 Å². The van der Waals surface area contributed by atoms with Crippen LogP contribution < -0.4 is 15.4 Å². The van der Waals surface area contributed by atoms with Gasteiger partial charge in [-0.05, 0) is 47.9 Å². The van der Waals surface area contributed by atoms with E-state index >= 15 is 0 Å². The lowest BCUT2D eigenvalue weighted by Crippen LogP contribution is -2.62. The quantitative estimate of drug-likeness (QED) is 0.147. The second kappa shape index (κ2) is 14.1. The molecule has 14 nitrogen and oxygen atoms in total. The summed E-state index contributed by atoms with van der Waals surface area (Å²) in [6.07, 6.45) is -12.8. The lowest BCUT2D eigenvalue weighted by atomic mass is 9.81. The molecule has 10 unspecified atom stereocenters. The lowest BCUT2D eigenvalue weighted by molar-refractivity contribution is -0.278. The van der Waals surface area contributed by atoms with E-state index < -0.39 is 74.3 Å². The highest BCUT2D eigenvalue weighted by Crippen LogP contribution is 2.35. The van der Waals surface area contributed by atoms with Gasteiger partial charge in [-0.25, -0.2) is 0 Å². The van der Waals surface area contributed by atoms with Crippen molar-refractivity contribution in [1.82, 2.24) is 10.6 Å². The highest BCUT2D eigenvalue weighted by molar-refractivity contribution is 6.01. The Morgan fingerprint density at radius 2 is 1.23 bits per heavy atom. The van der Waals surface area contributed by atoms with Crippen molar-refractivity contribution in [2.45, 2.75) is 61.5 Å². The molecule has 9 N–H and O–H groups in total. The van der Waals surface area contributed by atoms with Crippen LogP contribution in [0.25, 0.3) is 11.1 Å². The Bertz CT molecular complexity index is 1220. The first-order chi connectivity index (χ1) is 20.5. The van der Waals surface area contributed by atoms with Crippen molar-refractivity contribution in [3.8, 4) is 16.9 Å². The van der Waals surface area contributed by atoms with Crippen LogP contribution in [0.15, 0.2) is 42.5 Å². The Kier molecular flexibility index (Phi) is 10.7. The van der Waals surface area contributed by atoms with Crippen LogP contribution in [0.1, 0.15) is 27.1 Å². The molecule has 2 aromatic carbocycles. The van der Waals surface area contributed by atoms with Crippen molar-refractivity contribution in [2.24, 2.45) is 5.92 Å². The van der Waals surface area contributed by atoms with Crippen LogP contribution in [0.2, 0.25) is 0 Å². The van der Waals surface area contributed by atoms with Crippen molar-refractivity contribution in [3.63, 3.8) is 0 Å². The maximum atomic E-state index is 12.3. The van der Waals surface area contributed by atoms with E-state index in [1.54, 1.807) is 36.4 Å². The number of nitrogens with one attached hydrogen (secondary N) is 2. The number of aliphatic hydroxyl groups is 7. The average Bonchev–Trinajstić information content (AvgIpc) is 3.03. The fourth-order valence-electron chi connectivity index (χ4n) is 5.39. The number of aliphatic hydroxyl groups excluding tert-OH is 7. The molecule has 2 aliphatic heterocycles. The number of carbonyl (C=O) groups excluding carboxylic acids is 2. The minimum Gasteiger partial charge on any atom is -0.462 e. The maximum absolute atomic E-state index is 12.3. The number of amides is 2. The van der Waals surface area contributed by atoms with E-state index in [4.69, 9.17) is 14.2 Å². The van der Waals surface area contributed by atoms with Crippen LogP contribution in [-0.4, -0.2) is 130 Å². The Hall–Kier alpha value is -3.18. The SMILES string of the molecule is CNC(=O)c1cc(C(=O)NC)cc(-c2ccc(OC3OC(CO)C(O)C(CC4OC(CO)C(O)C(O)C4O)C3O)cc2)c1. The van der Waals surface area contributed by atoms with Crippen molar-refractivity contribution in [3.05, 3.63) is 53.6 Å². The molecule has 0 bridgehead atoms. The standard InChI is InChI=1S/C29H38N2O12/c1-30-27(39)15-7-14(8-16(9-15)28(40)31-2)13-3-5-17(6-4-13)41-29-23(35)18(22(34)20(11-32)43-29)10-19-24(36)26(38)25(37)21(12-33)42-19/h3-9,18-26,29,32-38H,10-12H2,1-2H3,(H,30,39)(H,31,40). The largest absolute Gasteiger partial charge is 0.462 e. The molecule has 0 aliphatic carbocycles. The molecule has 2 fully saturated rings. The third-order valence-corrected chi connectivity index (χ3v) is 7.87. The van der Waals surface area contributed by atoms with Crippen LogP contribution >= 0.6 is 0 Å².